The number of carbonyl (C=O) groups is 3. The van der Waals surface area contributed by atoms with Crippen LogP contribution in [0.5, 0.6) is 0 Å². The Morgan fingerprint density at radius 2 is 1.92 bits per heavy atom. The number of carbonyl (C=O) groups excluding carboxylic acids is 3. The minimum absolute atomic E-state index is 0.00555. The largest absolute Gasteiger partial charge is 0.448 e. The lowest BCUT2D eigenvalue weighted by Gasteiger charge is -2.17. The van der Waals surface area contributed by atoms with Crippen molar-refractivity contribution in [2.45, 2.75) is 12.7 Å². The second-order valence-electron chi connectivity index (χ2n) is 8.35. The number of thioether (sulfide) groups is 1. The number of halogens is 4. The van der Waals surface area contributed by atoms with E-state index >= 15 is 0 Å². The van der Waals surface area contributed by atoms with Crippen molar-refractivity contribution in [1.82, 2.24) is 19.6 Å². The lowest BCUT2D eigenvalue weighted by Crippen LogP contribution is -2.37. The zero-order valence-corrected chi connectivity index (χ0v) is 20.6. The quantitative estimate of drug-likeness (QED) is 0.390. The molecule has 2 aliphatic rings. The number of hydrogen-bond donors (Lipinski definition) is 0. The number of benzene rings is 2. The minimum atomic E-state index is -4.56. The highest BCUT2D eigenvalue weighted by Crippen LogP contribution is 2.35. The zero-order chi connectivity index (χ0) is 26.3. The van der Waals surface area contributed by atoms with Gasteiger partial charge in [0.25, 0.3) is 11.1 Å². The van der Waals surface area contributed by atoms with Gasteiger partial charge in [-0.3, -0.25) is 19.2 Å². The summed E-state index contributed by atoms with van der Waals surface area (Å²) in [6, 6.07) is 8.75. The van der Waals surface area contributed by atoms with Crippen LogP contribution in [0.2, 0.25) is 5.02 Å². The zero-order valence-electron chi connectivity index (χ0n) is 19.0. The first-order valence-corrected chi connectivity index (χ1v) is 12.3. The van der Waals surface area contributed by atoms with Gasteiger partial charge in [-0.05, 0) is 53.2 Å². The van der Waals surface area contributed by atoms with Gasteiger partial charge < -0.3 is 9.64 Å². The molecule has 3 amide bonds. The lowest BCUT2D eigenvalue weighted by atomic mass is 10.1. The Hall–Kier alpha value is -3.51. The van der Waals surface area contributed by atoms with Gasteiger partial charge >= 0.3 is 12.3 Å². The van der Waals surface area contributed by atoms with E-state index in [9.17, 15) is 27.6 Å². The SMILES string of the molecule is O=C1OCCN1CCN1C(=O)SC(=Cc2ccc3c(cnn3Cc3ccc(Cl)cc3C(F)(F)F)c2)C1=O. The van der Waals surface area contributed by atoms with Gasteiger partial charge in [0.05, 0.1) is 35.3 Å². The predicted molar refractivity (Wildman–Crippen MR) is 131 cm³/mol. The Kier molecular flexibility index (Phi) is 6.63. The summed E-state index contributed by atoms with van der Waals surface area (Å²) in [7, 11) is 0. The molecule has 0 aliphatic carbocycles. The van der Waals surface area contributed by atoms with Gasteiger partial charge in [0.1, 0.15) is 6.61 Å². The van der Waals surface area contributed by atoms with Crippen molar-refractivity contribution in [2.75, 3.05) is 26.2 Å². The van der Waals surface area contributed by atoms with Crippen molar-refractivity contribution in [3.8, 4) is 0 Å². The van der Waals surface area contributed by atoms with Gasteiger partial charge in [-0.1, -0.05) is 23.7 Å². The van der Waals surface area contributed by atoms with E-state index in [2.05, 4.69) is 5.10 Å². The van der Waals surface area contributed by atoms with Gasteiger partial charge in [-0.2, -0.15) is 18.3 Å². The third kappa shape index (κ3) is 5.16. The fourth-order valence-electron chi connectivity index (χ4n) is 4.13. The molecule has 0 bridgehead atoms. The molecule has 192 valence electrons. The maximum Gasteiger partial charge on any atom is 0.416 e. The van der Waals surface area contributed by atoms with E-state index in [0.717, 1.165) is 22.7 Å². The van der Waals surface area contributed by atoms with E-state index in [1.165, 1.54) is 27.9 Å². The highest BCUT2D eigenvalue weighted by atomic mass is 35.5. The molecule has 3 heterocycles. The number of hydrogen-bond acceptors (Lipinski definition) is 6. The van der Waals surface area contributed by atoms with E-state index in [1.54, 1.807) is 24.3 Å². The summed E-state index contributed by atoms with van der Waals surface area (Å²) in [5.74, 6) is -0.458. The molecule has 13 heteroatoms. The van der Waals surface area contributed by atoms with Crippen molar-refractivity contribution in [3.63, 3.8) is 0 Å². The maximum atomic E-state index is 13.5. The molecule has 0 atom stereocenters. The number of fused-ring (bicyclic) bond motifs is 1. The fraction of sp³-hybridized carbons (Fsp3) is 0.250. The molecule has 0 spiro atoms. The smallest absolute Gasteiger partial charge is 0.416 e. The van der Waals surface area contributed by atoms with Gasteiger partial charge in [-0.25, -0.2) is 4.79 Å². The summed E-state index contributed by atoms with van der Waals surface area (Å²) in [6.45, 7) is 0.835. The maximum absolute atomic E-state index is 13.5. The third-order valence-corrected chi connectivity index (χ3v) is 7.12. The second-order valence-corrected chi connectivity index (χ2v) is 9.78. The Labute approximate surface area is 217 Å². The van der Waals surface area contributed by atoms with Crippen molar-refractivity contribution < 1.29 is 32.3 Å². The molecule has 0 saturated carbocycles. The molecule has 0 N–H and O–H groups in total. The van der Waals surface area contributed by atoms with Crippen LogP contribution >= 0.6 is 23.4 Å². The highest BCUT2D eigenvalue weighted by Gasteiger charge is 2.36. The lowest BCUT2D eigenvalue weighted by molar-refractivity contribution is -0.138. The van der Waals surface area contributed by atoms with E-state index < -0.39 is 29.0 Å². The predicted octanol–water partition coefficient (Wildman–Crippen LogP) is 5.25. The standard InChI is InChI=1S/C24H18ClF3N4O4S/c25-17-3-2-15(18(11-17)24(26,27)28)13-32-19-4-1-14(9-16(19)12-29-32)10-20-21(33)31(23(35)37-20)6-5-30-7-8-36-22(30)34/h1-4,9-12H,5-8,13H2. The molecule has 2 aliphatic heterocycles. The van der Waals surface area contributed by atoms with Gasteiger partial charge in [0.15, 0.2) is 0 Å². The number of cyclic esters (lactones) is 1. The van der Waals surface area contributed by atoms with Crippen LogP contribution in [0.25, 0.3) is 17.0 Å². The van der Waals surface area contributed by atoms with Crippen LogP contribution in [0.3, 0.4) is 0 Å². The summed E-state index contributed by atoms with van der Waals surface area (Å²) < 4.78 is 46.7. The molecule has 5 rings (SSSR count). The van der Waals surface area contributed by atoms with Crippen LogP contribution < -0.4 is 0 Å². The van der Waals surface area contributed by atoms with Crippen molar-refractivity contribution in [2.24, 2.45) is 0 Å². The first-order chi connectivity index (χ1) is 17.6. The number of ether oxygens (including phenoxy) is 1. The third-order valence-electron chi connectivity index (χ3n) is 5.97. The number of nitrogens with zero attached hydrogens (tertiary/aromatic N) is 4. The summed E-state index contributed by atoms with van der Waals surface area (Å²) >= 11 is 6.57. The van der Waals surface area contributed by atoms with Crippen LogP contribution in [-0.4, -0.2) is 63.1 Å². The minimum Gasteiger partial charge on any atom is -0.448 e. The molecule has 1 aromatic heterocycles. The Bertz CT molecular complexity index is 1460. The van der Waals surface area contributed by atoms with Crippen molar-refractivity contribution >= 4 is 57.6 Å². The molecular formula is C24H18ClF3N4O4S. The molecule has 2 saturated heterocycles. The average Bonchev–Trinajstić information content (AvgIpc) is 3.51. The Balaban J connectivity index is 1.33. The van der Waals surface area contributed by atoms with E-state index in [1.807, 2.05) is 0 Å². The molecule has 3 aromatic rings. The first-order valence-electron chi connectivity index (χ1n) is 11.1. The van der Waals surface area contributed by atoms with Crippen LogP contribution in [0.1, 0.15) is 16.7 Å². The van der Waals surface area contributed by atoms with Gasteiger partial charge in [0.2, 0.25) is 0 Å². The molecular weight excluding hydrogens is 533 g/mol. The molecule has 37 heavy (non-hydrogen) atoms. The van der Waals surface area contributed by atoms with Crippen LogP contribution in [0, 0.1) is 0 Å². The summed E-state index contributed by atoms with van der Waals surface area (Å²) in [4.78, 5) is 39.5. The van der Waals surface area contributed by atoms with Crippen LogP contribution in [0.4, 0.5) is 22.8 Å². The molecule has 2 aromatic carbocycles. The average molecular weight is 551 g/mol. The van der Waals surface area contributed by atoms with E-state index in [-0.39, 0.29) is 41.7 Å². The molecule has 0 unspecified atom stereocenters. The van der Waals surface area contributed by atoms with Gasteiger partial charge in [0, 0.05) is 23.5 Å². The van der Waals surface area contributed by atoms with Crippen LogP contribution in [0.15, 0.2) is 47.5 Å². The fourth-order valence-corrected chi connectivity index (χ4v) is 5.16. The topological polar surface area (TPSA) is 84.7 Å². The van der Waals surface area contributed by atoms with E-state index in [4.69, 9.17) is 16.3 Å². The number of alkyl halides is 3. The number of amides is 3. The van der Waals surface area contributed by atoms with Crippen molar-refractivity contribution in [3.05, 3.63) is 69.2 Å². The van der Waals surface area contributed by atoms with Crippen LogP contribution in [-0.2, 0) is 22.3 Å². The van der Waals surface area contributed by atoms with E-state index in [0.29, 0.717) is 23.0 Å². The first kappa shape index (κ1) is 25.2. The summed E-state index contributed by atoms with van der Waals surface area (Å²) in [5, 5.41) is 4.46. The monoisotopic (exact) mass is 550 g/mol. The number of imide groups is 1. The Morgan fingerprint density at radius 3 is 2.65 bits per heavy atom. The second kappa shape index (κ2) is 9.75. The summed E-state index contributed by atoms with van der Waals surface area (Å²) in [6.07, 6.45) is -1.93. The summed E-state index contributed by atoms with van der Waals surface area (Å²) in [5.41, 5.74) is 0.438. The number of aromatic nitrogens is 2. The number of rotatable bonds is 6. The molecule has 8 nitrogen and oxygen atoms in total. The van der Waals surface area contributed by atoms with Gasteiger partial charge in [-0.15, -0.1) is 0 Å². The molecule has 2 fully saturated rings. The normalized spacial score (nSPS) is 17.5. The van der Waals surface area contributed by atoms with Crippen molar-refractivity contribution in [1.29, 1.82) is 0 Å². The molecule has 0 radical (unpaired) electrons. The highest BCUT2D eigenvalue weighted by molar-refractivity contribution is 8.18. The Morgan fingerprint density at radius 1 is 1.11 bits per heavy atom.